The smallest absolute Gasteiger partial charge is 0.407 e. The summed E-state index contributed by atoms with van der Waals surface area (Å²) in [6.45, 7) is 11.8. The number of benzene rings is 1. The summed E-state index contributed by atoms with van der Waals surface area (Å²) in [7, 11) is 1.59. The van der Waals surface area contributed by atoms with Crippen molar-refractivity contribution >= 4 is 6.09 Å². The molecule has 1 fully saturated rings. The molecule has 0 aromatic heterocycles. The van der Waals surface area contributed by atoms with Crippen LogP contribution >= 0.6 is 0 Å². The van der Waals surface area contributed by atoms with E-state index in [2.05, 4.69) is 0 Å². The molecule has 26 heavy (non-hydrogen) atoms. The van der Waals surface area contributed by atoms with Crippen LogP contribution < -0.4 is 9.47 Å². The summed E-state index contributed by atoms with van der Waals surface area (Å²) < 4.78 is 11.4. The van der Waals surface area contributed by atoms with Crippen LogP contribution in [0.5, 0.6) is 11.5 Å². The van der Waals surface area contributed by atoms with E-state index in [-0.39, 0.29) is 12.0 Å². The van der Waals surface area contributed by atoms with Gasteiger partial charge in [0, 0.05) is 23.9 Å². The third kappa shape index (κ3) is 3.61. The Balaban J connectivity index is 2.51. The first-order chi connectivity index (χ1) is 11.9. The molecule has 0 bridgehead atoms. The number of amides is 1. The number of aliphatic hydroxyl groups is 1. The minimum Gasteiger partial charge on any atom is -0.493 e. The van der Waals surface area contributed by atoms with E-state index in [0.29, 0.717) is 18.0 Å². The highest BCUT2D eigenvalue weighted by molar-refractivity contribution is 5.66. The van der Waals surface area contributed by atoms with Gasteiger partial charge in [0.05, 0.1) is 13.2 Å². The number of ether oxygens (including phenoxy) is 2. The van der Waals surface area contributed by atoms with Crippen LogP contribution in [-0.4, -0.2) is 52.6 Å². The van der Waals surface area contributed by atoms with E-state index in [1.165, 1.54) is 4.90 Å². The predicted molar refractivity (Wildman–Crippen MR) is 100 cm³/mol. The van der Waals surface area contributed by atoms with Gasteiger partial charge in [0.1, 0.15) is 5.60 Å². The molecule has 2 unspecified atom stereocenters. The molecule has 146 valence electrons. The Morgan fingerprint density at radius 1 is 1.35 bits per heavy atom. The van der Waals surface area contributed by atoms with Crippen LogP contribution in [0.1, 0.15) is 53.0 Å². The summed E-state index contributed by atoms with van der Waals surface area (Å²) in [6, 6.07) is 5.37. The number of carboxylic acid groups (broad SMARTS) is 1. The normalized spacial score (nSPS) is 27.3. The van der Waals surface area contributed by atoms with Crippen LogP contribution in [0.2, 0.25) is 0 Å². The second kappa shape index (κ2) is 6.99. The van der Waals surface area contributed by atoms with Crippen molar-refractivity contribution in [2.24, 2.45) is 5.41 Å². The molecule has 1 aromatic carbocycles. The van der Waals surface area contributed by atoms with Crippen LogP contribution in [0.25, 0.3) is 0 Å². The number of nitrogens with zero attached hydrogens (tertiary/aromatic N) is 1. The topological polar surface area (TPSA) is 79.2 Å². The molecule has 0 aliphatic carbocycles. The second-order valence-electron chi connectivity index (χ2n) is 8.33. The van der Waals surface area contributed by atoms with Gasteiger partial charge in [-0.3, -0.25) is 0 Å². The summed E-state index contributed by atoms with van der Waals surface area (Å²) in [4.78, 5) is 13.1. The van der Waals surface area contributed by atoms with E-state index in [4.69, 9.17) is 9.47 Å². The number of hydrogen-bond donors (Lipinski definition) is 2. The van der Waals surface area contributed by atoms with E-state index in [0.717, 1.165) is 5.56 Å². The van der Waals surface area contributed by atoms with Crippen molar-refractivity contribution in [2.75, 3.05) is 13.7 Å². The van der Waals surface area contributed by atoms with Gasteiger partial charge >= 0.3 is 6.09 Å². The zero-order chi connectivity index (χ0) is 19.9. The number of likely N-dealkylation sites (tertiary alicyclic amines) is 1. The lowest BCUT2D eigenvalue weighted by molar-refractivity contribution is 0.0203. The monoisotopic (exact) mass is 365 g/mol. The van der Waals surface area contributed by atoms with E-state index >= 15 is 0 Å². The van der Waals surface area contributed by atoms with Crippen molar-refractivity contribution in [2.45, 2.75) is 65.2 Å². The fraction of sp³-hybridized carbons (Fsp3) is 0.650. The second-order valence-corrected chi connectivity index (χ2v) is 8.33. The Morgan fingerprint density at radius 2 is 1.96 bits per heavy atom. The number of aliphatic hydroxyl groups excluding tert-OH is 1. The molecule has 6 nitrogen and oxygen atoms in total. The summed E-state index contributed by atoms with van der Waals surface area (Å²) in [5, 5.41) is 20.0. The van der Waals surface area contributed by atoms with Gasteiger partial charge in [0.15, 0.2) is 11.5 Å². The first-order valence-electron chi connectivity index (χ1n) is 8.96. The van der Waals surface area contributed by atoms with Crippen LogP contribution in [0.15, 0.2) is 18.2 Å². The van der Waals surface area contributed by atoms with Crippen LogP contribution in [0, 0.1) is 5.41 Å². The lowest BCUT2D eigenvalue weighted by Crippen LogP contribution is -2.45. The molecule has 1 amide bonds. The van der Waals surface area contributed by atoms with Crippen molar-refractivity contribution in [3.8, 4) is 11.5 Å². The number of carbonyl (C=O) groups is 1. The fourth-order valence-electron chi connectivity index (χ4n) is 3.85. The number of hydrogen-bond acceptors (Lipinski definition) is 4. The maximum Gasteiger partial charge on any atom is 0.407 e. The lowest BCUT2D eigenvalue weighted by Gasteiger charge is -2.38. The zero-order valence-electron chi connectivity index (χ0n) is 16.7. The van der Waals surface area contributed by atoms with Crippen LogP contribution in [-0.2, 0) is 0 Å². The average molecular weight is 365 g/mol. The zero-order valence-corrected chi connectivity index (χ0v) is 16.7. The molecule has 1 aliphatic heterocycles. The summed E-state index contributed by atoms with van der Waals surface area (Å²) in [5.74, 6) is 1.09. The van der Waals surface area contributed by atoms with E-state index in [9.17, 15) is 15.0 Å². The molecule has 4 atom stereocenters. The molecule has 0 saturated carbocycles. The maximum absolute atomic E-state index is 11.7. The first-order valence-corrected chi connectivity index (χ1v) is 8.96. The van der Waals surface area contributed by atoms with Gasteiger partial charge in [0.2, 0.25) is 0 Å². The SMILES string of the molecule is COc1ccc(C2CN(C(=O)O)C(C)[C@]2(C)[C@@H](C)O)cc1OC(C)(C)C. The maximum atomic E-state index is 11.7. The van der Waals surface area contributed by atoms with Gasteiger partial charge in [-0.15, -0.1) is 0 Å². The van der Waals surface area contributed by atoms with E-state index < -0.39 is 23.2 Å². The van der Waals surface area contributed by atoms with Crippen LogP contribution in [0.3, 0.4) is 0 Å². The standard InChI is InChI=1S/C20H31NO5/c1-12-20(6,13(2)22)15(11-21(12)18(23)24)14-8-9-16(25-7)17(10-14)26-19(3,4)5/h8-10,12-13,15,22H,11H2,1-7H3,(H,23,24)/t12?,13-,15?,20-/m1/s1. The van der Waals surface area contributed by atoms with Gasteiger partial charge in [-0.2, -0.15) is 0 Å². The molecule has 1 aliphatic rings. The molecule has 0 radical (unpaired) electrons. The number of rotatable bonds is 4. The average Bonchev–Trinajstić information content (AvgIpc) is 2.79. The summed E-state index contributed by atoms with van der Waals surface area (Å²) in [5.41, 5.74) is -0.0642. The van der Waals surface area contributed by atoms with E-state index in [1.807, 2.05) is 52.8 Å². The summed E-state index contributed by atoms with van der Waals surface area (Å²) >= 11 is 0. The van der Waals surface area contributed by atoms with Crippen molar-refractivity contribution in [3.63, 3.8) is 0 Å². The van der Waals surface area contributed by atoms with Gasteiger partial charge in [-0.25, -0.2) is 4.79 Å². The highest BCUT2D eigenvalue weighted by Crippen LogP contribution is 2.50. The van der Waals surface area contributed by atoms with Gasteiger partial charge in [-0.1, -0.05) is 13.0 Å². The van der Waals surface area contributed by atoms with Gasteiger partial charge < -0.3 is 24.6 Å². The van der Waals surface area contributed by atoms with Crippen molar-refractivity contribution in [1.82, 2.24) is 4.90 Å². The highest BCUT2D eigenvalue weighted by atomic mass is 16.5. The molecule has 1 heterocycles. The quantitative estimate of drug-likeness (QED) is 0.850. The largest absolute Gasteiger partial charge is 0.493 e. The third-order valence-corrected chi connectivity index (χ3v) is 5.65. The van der Waals surface area contributed by atoms with Gasteiger partial charge in [0.25, 0.3) is 0 Å². The summed E-state index contributed by atoms with van der Waals surface area (Å²) in [6.07, 6.45) is -1.63. The fourth-order valence-corrected chi connectivity index (χ4v) is 3.85. The van der Waals surface area contributed by atoms with Crippen LogP contribution in [0.4, 0.5) is 4.79 Å². The van der Waals surface area contributed by atoms with Crippen molar-refractivity contribution < 1.29 is 24.5 Å². The molecule has 1 saturated heterocycles. The molecule has 2 N–H and O–H groups in total. The molecule has 2 rings (SSSR count). The Kier molecular flexibility index (Phi) is 5.47. The Labute approximate surface area is 155 Å². The Hall–Kier alpha value is -1.95. The lowest BCUT2D eigenvalue weighted by atomic mass is 9.69. The molecule has 1 aromatic rings. The molecule has 0 spiro atoms. The van der Waals surface area contributed by atoms with Crippen molar-refractivity contribution in [1.29, 1.82) is 0 Å². The minimum absolute atomic E-state index is 0.151. The number of methoxy groups -OCH3 is 1. The molecule has 6 heteroatoms. The molecular weight excluding hydrogens is 334 g/mol. The van der Waals surface area contributed by atoms with E-state index in [1.54, 1.807) is 14.0 Å². The third-order valence-electron chi connectivity index (χ3n) is 5.65. The predicted octanol–water partition coefficient (Wildman–Crippen LogP) is 3.73. The Morgan fingerprint density at radius 3 is 2.42 bits per heavy atom. The highest BCUT2D eigenvalue weighted by Gasteiger charge is 2.53. The first kappa shape index (κ1) is 20.4. The Bertz CT molecular complexity index is 667. The molecular formula is C20H31NO5. The minimum atomic E-state index is -0.966. The van der Waals surface area contributed by atoms with Gasteiger partial charge in [-0.05, 0) is 52.3 Å². The van der Waals surface area contributed by atoms with Crippen molar-refractivity contribution in [3.05, 3.63) is 23.8 Å².